The number of rotatable bonds is 8. The number of hydrogen-bond donors (Lipinski definition) is 0. The summed E-state index contributed by atoms with van der Waals surface area (Å²) in [5.74, 6) is -1.06. The van der Waals surface area contributed by atoms with Crippen molar-refractivity contribution in [2.24, 2.45) is 0 Å². The number of benzene rings is 2. The number of hydrogen-bond acceptors (Lipinski definition) is 11. The van der Waals surface area contributed by atoms with E-state index in [0.29, 0.717) is 28.4 Å². The SMILES string of the molecule is COC1=C(C(c2cc(OC)c(OC(C)=O)c(OC)c2)c2cc3c(cc2OC(C)=O)OCO3)C(=O)OC1. The van der Waals surface area contributed by atoms with Gasteiger partial charge < -0.3 is 37.9 Å². The molecule has 0 saturated heterocycles. The molecule has 2 aromatic rings. The van der Waals surface area contributed by atoms with Crippen LogP contribution in [0.2, 0.25) is 0 Å². The van der Waals surface area contributed by atoms with Gasteiger partial charge in [0.15, 0.2) is 23.0 Å². The first-order chi connectivity index (χ1) is 17.3. The highest BCUT2D eigenvalue weighted by atomic mass is 16.7. The average Bonchev–Trinajstić information content (AvgIpc) is 3.45. The molecule has 0 spiro atoms. The van der Waals surface area contributed by atoms with Crippen LogP contribution in [0.25, 0.3) is 0 Å². The van der Waals surface area contributed by atoms with Crippen LogP contribution in [0.4, 0.5) is 0 Å². The van der Waals surface area contributed by atoms with E-state index in [-0.39, 0.29) is 42.0 Å². The van der Waals surface area contributed by atoms with Crippen LogP contribution in [0.15, 0.2) is 35.6 Å². The van der Waals surface area contributed by atoms with Crippen molar-refractivity contribution in [1.82, 2.24) is 0 Å². The molecule has 11 heteroatoms. The van der Waals surface area contributed by atoms with Crippen LogP contribution in [-0.2, 0) is 23.9 Å². The highest BCUT2D eigenvalue weighted by Crippen LogP contribution is 2.49. The predicted octanol–water partition coefficient (Wildman–Crippen LogP) is 2.87. The van der Waals surface area contributed by atoms with E-state index >= 15 is 0 Å². The van der Waals surface area contributed by atoms with E-state index in [0.717, 1.165) is 0 Å². The summed E-state index contributed by atoms with van der Waals surface area (Å²) in [7, 11) is 4.22. The molecular weight excluding hydrogens is 476 g/mol. The third-order valence-corrected chi connectivity index (χ3v) is 5.52. The molecule has 0 saturated carbocycles. The van der Waals surface area contributed by atoms with E-state index in [2.05, 4.69) is 0 Å². The van der Waals surface area contributed by atoms with E-state index in [1.165, 1.54) is 41.2 Å². The lowest BCUT2D eigenvalue weighted by atomic mass is 9.83. The number of esters is 3. The molecule has 190 valence electrons. The van der Waals surface area contributed by atoms with Gasteiger partial charge in [0.2, 0.25) is 12.5 Å². The molecule has 4 rings (SSSR count). The van der Waals surface area contributed by atoms with Gasteiger partial charge in [0.1, 0.15) is 18.1 Å². The Kier molecular flexibility index (Phi) is 6.91. The largest absolute Gasteiger partial charge is 0.497 e. The molecule has 11 nitrogen and oxygen atoms in total. The summed E-state index contributed by atoms with van der Waals surface area (Å²) in [4.78, 5) is 36.6. The average molecular weight is 500 g/mol. The Bertz CT molecular complexity index is 1240. The zero-order valence-electron chi connectivity index (χ0n) is 20.3. The third-order valence-electron chi connectivity index (χ3n) is 5.52. The Balaban J connectivity index is 2.02. The fourth-order valence-corrected chi connectivity index (χ4v) is 4.07. The van der Waals surface area contributed by atoms with E-state index in [1.807, 2.05) is 0 Å². The van der Waals surface area contributed by atoms with Crippen LogP contribution < -0.4 is 28.4 Å². The van der Waals surface area contributed by atoms with Crippen LogP contribution >= 0.6 is 0 Å². The number of methoxy groups -OCH3 is 3. The summed E-state index contributed by atoms with van der Waals surface area (Å²) in [6, 6.07) is 6.30. The van der Waals surface area contributed by atoms with Gasteiger partial charge in [0.25, 0.3) is 0 Å². The number of cyclic esters (lactones) is 1. The monoisotopic (exact) mass is 500 g/mol. The van der Waals surface area contributed by atoms with Gasteiger partial charge in [0, 0.05) is 31.4 Å². The molecule has 0 bridgehead atoms. The van der Waals surface area contributed by atoms with Crippen molar-refractivity contribution >= 4 is 17.9 Å². The van der Waals surface area contributed by atoms with Crippen molar-refractivity contribution < 1.29 is 52.3 Å². The predicted molar refractivity (Wildman–Crippen MR) is 122 cm³/mol. The maximum absolute atomic E-state index is 13.0. The smallest absolute Gasteiger partial charge is 0.338 e. The molecule has 0 amide bonds. The normalized spacial score (nSPS) is 14.8. The molecule has 2 aliphatic heterocycles. The van der Waals surface area contributed by atoms with E-state index in [9.17, 15) is 14.4 Å². The maximum Gasteiger partial charge on any atom is 0.338 e. The van der Waals surface area contributed by atoms with Gasteiger partial charge in [0.05, 0.1) is 26.9 Å². The Hall–Kier alpha value is -4.41. The summed E-state index contributed by atoms with van der Waals surface area (Å²) in [6.45, 7) is 2.41. The van der Waals surface area contributed by atoms with Gasteiger partial charge in [-0.1, -0.05) is 0 Å². The summed E-state index contributed by atoms with van der Waals surface area (Å²) in [5, 5.41) is 0. The lowest BCUT2D eigenvalue weighted by Gasteiger charge is -2.23. The number of ether oxygens (including phenoxy) is 8. The van der Waals surface area contributed by atoms with Gasteiger partial charge in [-0.2, -0.15) is 0 Å². The third kappa shape index (κ3) is 4.59. The fourth-order valence-electron chi connectivity index (χ4n) is 4.07. The summed E-state index contributed by atoms with van der Waals surface area (Å²) < 4.78 is 43.5. The van der Waals surface area contributed by atoms with Gasteiger partial charge >= 0.3 is 17.9 Å². The second-order valence-electron chi connectivity index (χ2n) is 7.74. The number of carbonyl (C=O) groups excluding carboxylic acids is 3. The number of fused-ring (bicyclic) bond motifs is 1. The van der Waals surface area contributed by atoms with Crippen molar-refractivity contribution in [3.63, 3.8) is 0 Å². The quantitative estimate of drug-likeness (QED) is 0.392. The molecule has 0 aliphatic carbocycles. The Morgan fingerprint density at radius 1 is 0.806 bits per heavy atom. The van der Waals surface area contributed by atoms with E-state index in [1.54, 1.807) is 18.2 Å². The first kappa shape index (κ1) is 24.7. The Morgan fingerprint density at radius 3 is 1.97 bits per heavy atom. The lowest BCUT2D eigenvalue weighted by molar-refractivity contribution is -0.136. The van der Waals surface area contributed by atoms with Gasteiger partial charge in [-0.15, -0.1) is 0 Å². The minimum absolute atomic E-state index is 0.0181. The van der Waals surface area contributed by atoms with Crippen LogP contribution in [0.3, 0.4) is 0 Å². The van der Waals surface area contributed by atoms with Gasteiger partial charge in [-0.25, -0.2) is 4.79 Å². The minimum atomic E-state index is -0.895. The molecule has 2 aliphatic rings. The van der Waals surface area contributed by atoms with E-state index < -0.39 is 23.8 Å². The number of carbonyl (C=O) groups is 3. The van der Waals surface area contributed by atoms with Crippen LogP contribution in [0.5, 0.6) is 34.5 Å². The highest BCUT2D eigenvalue weighted by Gasteiger charge is 2.38. The van der Waals surface area contributed by atoms with Crippen molar-refractivity contribution in [2.75, 3.05) is 34.7 Å². The summed E-state index contributed by atoms with van der Waals surface area (Å²) in [6.07, 6.45) is 0. The van der Waals surface area contributed by atoms with Crippen molar-refractivity contribution in [3.8, 4) is 34.5 Å². The summed E-state index contributed by atoms with van der Waals surface area (Å²) >= 11 is 0. The molecule has 0 aromatic heterocycles. The van der Waals surface area contributed by atoms with Crippen LogP contribution in [0, 0.1) is 0 Å². The first-order valence-electron chi connectivity index (χ1n) is 10.8. The van der Waals surface area contributed by atoms with Crippen LogP contribution in [0.1, 0.15) is 30.9 Å². The Morgan fingerprint density at radius 2 is 1.42 bits per heavy atom. The maximum atomic E-state index is 13.0. The molecule has 2 aromatic carbocycles. The first-order valence-corrected chi connectivity index (χ1v) is 10.8. The molecule has 1 unspecified atom stereocenters. The molecule has 2 heterocycles. The van der Waals surface area contributed by atoms with Crippen molar-refractivity contribution in [3.05, 3.63) is 46.7 Å². The highest BCUT2D eigenvalue weighted by molar-refractivity contribution is 5.94. The van der Waals surface area contributed by atoms with Gasteiger partial charge in [-0.05, 0) is 23.8 Å². The summed E-state index contributed by atoms with van der Waals surface area (Å²) in [5.41, 5.74) is 1.03. The molecule has 36 heavy (non-hydrogen) atoms. The molecule has 0 fully saturated rings. The second kappa shape index (κ2) is 10.1. The zero-order chi connectivity index (χ0) is 26.0. The molecule has 0 radical (unpaired) electrons. The molecular formula is C25H24O11. The van der Waals surface area contributed by atoms with Crippen LogP contribution in [-0.4, -0.2) is 52.6 Å². The molecule has 0 N–H and O–H groups in total. The zero-order valence-corrected chi connectivity index (χ0v) is 20.3. The van der Waals surface area contributed by atoms with E-state index in [4.69, 9.17) is 37.9 Å². The van der Waals surface area contributed by atoms with Gasteiger partial charge in [-0.3, -0.25) is 9.59 Å². The van der Waals surface area contributed by atoms with Crippen molar-refractivity contribution in [2.45, 2.75) is 19.8 Å². The van der Waals surface area contributed by atoms with Crippen molar-refractivity contribution in [1.29, 1.82) is 0 Å². The second-order valence-corrected chi connectivity index (χ2v) is 7.74. The standard InChI is InChI=1S/C25H24O11/c1-12(26)35-16-9-18-17(33-11-34-18)8-15(16)22(23-21(31-5)10-32-25(23)28)14-6-19(29-3)24(36-13(2)27)20(7-14)30-4/h6-9,22H,10-11H2,1-5H3. The fraction of sp³-hybridized carbons (Fsp3) is 0.320. The molecule has 1 atom stereocenters. The lowest BCUT2D eigenvalue weighted by Crippen LogP contribution is -2.15. The minimum Gasteiger partial charge on any atom is -0.497 e. The topological polar surface area (TPSA) is 125 Å². The Labute approximate surface area is 206 Å².